The van der Waals surface area contributed by atoms with E-state index in [2.05, 4.69) is 46.4 Å². The highest BCUT2D eigenvalue weighted by Crippen LogP contribution is 2.28. The highest BCUT2D eigenvalue weighted by Gasteiger charge is 2.24. The van der Waals surface area contributed by atoms with Gasteiger partial charge in [0.05, 0.1) is 0 Å². The van der Waals surface area contributed by atoms with Gasteiger partial charge in [-0.2, -0.15) is 4.98 Å². The standard InChI is InChI=1S/C20H26N4/c1-15-13-16-7-5-6-8-17(16)14-24(15)19-11-12-21-20(23-19)22-18-9-3-2-4-10-18/h5-8,11-12,15,18H,2-4,9-10,13-14H2,1H3,(H,21,22,23)/t15-/m1/s1. The van der Waals surface area contributed by atoms with Gasteiger partial charge in [0.1, 0.15) is 5.82 Å². The summed E-state index contributed by atoms with van der Waals surface area (Å²) >= 11 is 0. The zero-order chi connectivity index (χ0) is 16.4. The van der Waals surface area contributed by atoms with E-state index >= 15 is 0 Å². The molecule has 0 bridgehead atoms. The Bertz CT molecular complexity index is 694. The van der Waals surface area contributed by atoms with Gasteiger partial charge in [0.15, 0.2) is 0 Å². The van der Waals surface area contributed by atoms with Crippen molar-refractivity contribution >= 4 is 11.8 Å². The molecule has 0 unspecified atom stereocenters. The maximum absolute atomic E-state index is 4.82. The third-order valence-corrected chi connectivity index (χ3v) is 5.38. The van der Waals surface area contributed by atoms with Crippen molar-refractivity contribution < 1.29 is 0 Å². The zero-order valence-corrected chi connectivity index (χ0v) is 14.4. The monoisotopic (exact) mass is 322 g/mol. The van der Waals surface area contributed by atoms with E-state index in [1.54, 1.807) is 0 Å². The van der Waals surface area contributed by atoms with Gasteiger partial charge in [0, 0.05) is 24.8 Å². The van der Waals surface area contributed by atoms with Crippen molar-refractivity contribution in [2.24, 2.45) is 0 Å². The second-order valence-electron chi connectivity index (χ2n) is 7.17. The Balaban J connectivity index is 1.52. The Labute approximate surface area is 144 Å². The van der Waals surface area contributed by atoms with Crippen LogP contribution in [0.1, 0.15) is 50.2 Å². The van der Waals surface area contributed by atoms with Crippen LogP contribution in [-0.4, -0.2) is 22.1 Å². The van der Waals surface area contributed by atoms with E-state index in [1.807, 2.05) is 12.3 Å². The molecule has 4 nitrogen and oxygen atoms in total. The van der Waals surface area contributed by atoms with Crippen molar-refractivity contribution in [1.82, 2.24) is 9.97 Å². The molecule has 0 amide bonds. The molecule has 0 saturated heterocycles. The lowest BCUT2D eigenvalue weighted by molar-refractivity contribution is 0.460. The number of rotatable bonds is 3. The molecular weight excluding hydrogens is 296 g/mol. The third kappa shape index (κ3) is 3.23. The number of aromatic nitrogens is 2. The summed E-state index contributed by atoms with van der Waals surface area (Å²) in [6.07, 6.45) is 9.44. The SMILES string of the molecule is C[C@@H]1Cc2ccccc2CN1c1ccnc(NC2CCCCC2)n1. The minimum atomic E-state index is 0.456. The van der Waals surface area contributed by atoms with Crippen LogP contribution < -0.4 is 10.2 Å². The number of anilines is 2. The summed E-state index contributed by atoms with van der Waals surface area (Å²) in [5.41, 5.74) is 2.88. The lowest BCUT2D eigenvalue weighted by Crippen LogP contribution is -2.39. The molecular formula is C20H26N4. The molecule has 1 aliphatic carbocycles. The van der Waals surface area contributed by atoms with Crippen molar-refractivity contribution in [2.75, 3.05) is 10.2 Å². The van der Waals surface area contributed by atoms with Crippen LogP contribution in [0.25, 0.3) is 0 Å². The lowest BCUT2D eigenvalue weighted by atomic mass is 9.95. The highest BCUT2D eigenvalue weighted by atomic mass is 15.2. The highest BCUT2D eigenvalue weighted by molar-refractivity contribution is 5.48. The van der Waals surface area contributed by atoms with Crippen molar-refractivity contribution in [3.63, 3.8) is 0 Å². The number of benzene rings is 1. The molecule has 4 rings (SSSR count). The molecule has 1 aliphatic heterocycles. The first-order valence-electron chi connectivity index (χ1n) is 9.22. The van der Waals surface area contributed by atoms with Gasteiger partial charge in [-0.25, -0.2) is 4.98 Å². The predicted molar refractivity (Wildman–Crippen MR) is 98.3 cm³/mol. The summed E-state index contributed by atoms with van der Waals surface area (Å²) in [4.78, 5) is 11.7. The molecule has 4 heteroatoms. The van der Waals surface area contributed by atoms with Crippen LogP contribution in [0.15, 0.2) is 36.5 Å². The number of hydrogen-bond donors (Lipinski definition) is 1. The smallest absolute Gasteiger partial charge is 0.224 e. The Morgan fingerprint density at radius 2 is 1.83 bits per heavy atom. The third-order valence-electron chi connectivity index (χ3n) is 5.38. The fourth-order valence-corrected chi connectivity index (χ4v) is 3.99. The number of nitrogens with zero attached hydrogens (tertiary/aromatic N) is 3. The summed E-state index contributed by atoms with van der Waals surface area (Å²) in [5.74, 6) is 1.82. The molecule has 1 atom stereocenters. The molecule has 1 fully saturated rings. The molecule has 1 N–H and O–H groups in total. The maximum atomic E-state index is 4.82. The molecule has 2 aliphatic rings. The van der Waals surface area contributed by atoms with E-state index in [1.165, 1.54) is 43.2 Å². The summed E-state index contributed by atoms with van der Waals surface area (Å²) in [7, 11) is 0. The van der Waals surface area contributed by atoms with Gasteiger partial charge < -0.3 is 10.2 Å². The molecule has 0 radical (unpaired) electrons. The van der Waals surface area contributed by atoms with Crippen molar-refractivity contribution in [3.8, 4) is 0 Å². The predicted octanol–water partition coefficient (Wildman–Crippen LogP) is 4.17. The number of hydrogen-bond acceptors (Lipinski definition) is 4. The van der Waals surface area contributed by atoms with Gasteiger partial charge >= 0.3 is 0 Å². The summed E-state index contributed by atoms with van der Waals surface area (Å²) in [5, 5.41) is 3.55. The van der Waals surface area contributed by atoms with Crippen LogP contribution in [0.3, 0.4) is 0 Å². The topological polar surface area (TPSA) is 41.1 Å². The summed E-state index contributed by atoms with van der Waals surface area (Å²) in [6.45, 7) is 3.21. The van der Waals surface area contributed by atoms with Crippen LogP contribution in [0, 0.1) is 0 Å². The molecule has 1 aromatic carbocycles. The minimum absolute atomic E-state index is 0.456. The number of fused-ring (bicyclic) bond motifs is 1. The molecule has 1 aromatic heterocycles. The summed E-state index contributed by atoms with van der Waals surface area (Å²) in [6, 6.07) is 11.8. The number of nitrogens with one attached hydrogen (secondary N) is 1. The van der Waals surface area contributed by atoms with Crippen molar-refractivity contribution in [3.05, 3.63) is 47.7 Å². The average molecular weight is 322 g/mol. The first kappa shape index (κ1) is 15.4. The van der Waals surface area contributed by atoms with Gasteiger partial charge in [-0.3, -0.25) is 0 Å². The molecule has 0 spiro atoms. The molecule has 126 valence electrons. The van der Waals surface area contributed by atoms with E-state index < -0.39 is 0 Å². The van der Waals surface area contributed by atoms with E-state index in [-0.39, 0.29) is 0 Å². The van der Waals surface area contributed by atoms with Gasteiger partial charge in [0.25, 0.3) is 0 Å². The maximum Gasteiger partial charge on any atom is 0.224 e. The van der Waals surface area contributed by atoms with Gasteiger partial charge in [-0.15, -0.1) is 0 Å². The Hall–Kier alpha value is -2.10. The normalized spacial score (nSPS) is 21.4. The van der Waals surface area contributed by atoms with E-state index in [0.717, 1.165) is 24.7 Å². The average Bonchev–Trinajstić information content (AvgIpc) is 2.62. The van der Waals surface area contributed by atoms with Crippen LogP contribution in [0.4, 0.5) is 11.8 Å². The zero-order valence-electron chi connectivity index (χ0n) is 14.4. The molecule has 2 aromatic rings. The second-order valence-corrected chi connectivity index (χ2v) is 7.17. The Kier molecular flexibility index (Phi) is 4.37. The Morgan fingerprint density at radius 3 is 2.67 bits per heavy atom. The van der Waals surface area contributed by atoms with Crippen LogP contribution in [0.5, 0.6) is 0 Å². The first-order chi connectivity index (χ1) is 11.8. The van der Waals surface area contributed by atoms with Crippen LogP contribution in [-0.2, 0) is 13.0 Å². The summed E-state index contributed by atoms with van der Waals surface area (Å²) < 4.78 is 0. The van der Waals surface area contributed by atoms with Crippen LogP contribution in [0.2, 0.25) is 0 Å². The first-order valence-corrected chi connectivity index (χ1v) is 9.22. The fourth-order valence-electron chi connectivity index (χ4n) is 3.99. The van der Waals surface area contributed by atoms with Gasteiger partial charge in [-0.1, -0.05) is 43.5 Å². The van der Waals surface area contributed by atoms with E-state index in [9.17, 15) is 0 Å². The largest absolute Gasteiger partial charge is 0.351 e. The molecule has 24 heavy (non-hydrogen) atoms. The van der Waals surface area contributed by atoms with Gasteiger partial charge in [-0.05, 0) is 43.4 Å². The van der Waals surface area contributed by atoms with E-state index in [0.29, 0.717) is 12.1 Å². The quantitative estimate of drug-likeness (QED) is 0.920. The van der Waals surface area contributed by atoms with Crippen LogP contribution >= 0.6 is 0 Å². The van der Waals surface area contributed by atoms with Crippen molar-refractivity contribution in [2.45, 2.75) is 64.1 Å². The van der Waals surface area contributed by atoms with Gasteiger partial charge in [0.2, 0.25) is 5.95 Å². The Morgan fingerprint density at radius 1 is 1.04 bits per heavy atom. The fraction of sp³-hybridized carbons (Fsp3) is 0.500. The lowest BCUT2D eigenvalue weighted by Gasteiger charge is -2.36. The molecule has 1 saturated carbocycles. The van der Waals surface area contributed by atoms with E-state index in [4.69, 9.17) is 4.98 Å². The van der Waals surface area contributed by atoms with Crippen molar-refractivity contribution in [1.29, 1.82) is 0 Å². The second kappa shape index (κ2) is 6.80. The molecule has 2 heterocycles. The minimum Gasteiger partial charge on any atom is -0.351 e.